The summed E-state index contributed by atoms with van der Waals surface area (Å²) in [4.78, 5) is 0.357. The average Bonchev–Trinajstić information content (AvgIpc) is 3.12. The smallest absolute Gasteiger partial charge is 0.241 e. The molecule has 1 aliphatic rings. The highest BCUT2D eigenvalue weighted by molar-refractivity contribution is 7.89. The second-order valence-electron chi connectivity index (χ2n) is 5.81. The zero-order chi connectivity index (χ0) is 14.6. The van der Waals surface area contributed by atoms with E-state index < -0.39 is 10.0 Å². The maximum atomic E-state index is 12.2. The predicted octanol–water partition coefficient (Wildman–Crippen LogP) is 2.06. The van der Waals surface area contributed by atoms with Gasteiger partial charge in [0.25, 0.3) is 0 Å². The maximum absolute atomic E-state index is 12.2. The van der Waals surface area contributed by atoms with Gasteiger partial charge in [0.1, 0.15) is 0 Å². The molecule has 0 aromatic heterocycles. The van der Waals surface area contributed by atoms with Crippen molar-refractivity contribution in [2.75, 3.05) is 13.1 Å². The zero-order valence-electron chi connectivity index (χ0n) is 12.3. The van der Waals surface area contributed by atoms with E-state index in [0.717, 1.165) is 44.3 Å². The molecule has 20 heavy (non-hydrogen) atoms. The number of hydrogen-bond acceptors (Lipinski definition) is 3. The third kappa shape index (κ3) is 4.30. The van der Waals surface area contributed by atoms with Crippen LogP contribution in [0.4, 0.5) is 0 Å². The number of benzene rings is 1. The molecule has 1 aliphatic carbocycles. The minimum atomic E-state index is -3.37. The molecule has 1 aromatic rings. The summed E-state index contributed by atoms with van der Waals surface area (Å²) in [6.07, 6.45) is 3.90. The van der Waals surface area contributed by atoms with Crippen LogP contribution < -0.4 is 10.0 Å². The second kappa shape index (κ2) is 6.24. The molecule has 0 bridgehead atoms. The van der Waals surface area contributed by atoms with Gasteiger partial charge in [-0.25, -0.2) is 13.1 Å². The molecule has 2 rings (SSSR count). The van der Waals surface area contributed by atoms with Crippen molar-refractivity contribution < 1.29 is 8.42 Å². The lowest BCUT2D eigenvalue weighted by Crippen LogP contribution is -2.34. The molecule has 0 radical (unpaired) electrons. The molecular weight excluding hydrogens is 272 g/mol. The molecule has 0 unspecified atom stereocenters. The van der Waals surface area contributed by atoms with Gasteiger partial charge in [-0.05, 0) is 63.4 Å². The van der Waals surface area contributed by atoms with Crippen LogP contribution in [0.2, 0.25) is 0 Å². The van der Waals surface area contributed by atoms with Crippen molar-refractivity contribution in [1.82, 2.24) is 10.0 Å². The van der Waals surface area contributed by atoms with Gasteiger partial charge >= 0.3 is 0 Å². The first kappa shape index (κ1) is 15.5. The van der Waals surface area contributed by atoms with Gasteiger partial charge in [0.2, 0.25) is 10.0 Å². The largest absolute Gasteiger partial charge is 0.316 e. The quantitative estimate of drug-likeness (QED) is 0.722. The second-order valence-corrected chi connectivity index (χ2v) is 7.49. The molecule has 1 saturated carbocycles. The lowest BCUT2D eigenvalue weighted by atomic mass is 10.1. The summed E-state index contributed by atoms with van der Waals surface area (Å²) in [5, 5.41) is 3.34. The first-order valence-corrected chi connectivity index (χ1v) is 8.77. The summed E-state index contributed by atoms with van der Waals surface area (Å²) in [5.41, 5.74) is 0.937. The van der Waals surface area contributed by atoms with E-state index in [2.05, 4.69) is 17.0 Å². The van der Waals surface area contributed by atoms with Crippen molar-refractivity contribution in [2.24, 2.45) is 0 Å². The van der Waals surface area contributed by atoms with E-state index in [1.165, 1.54) is 0 Å². The van der Waals surface area contributed by atoms with Gasteiger partial charge < -0.3 is 5.32 Å². The van der Waals surface area contributed by atoms with E-state index >= 15 is 0 Å². The Bertz CT molecular complexity index is 533. The third-order valence-corrected chi connectivity index (χ3v) is 5.29. The minimum Gasteiger partial charge on any atom is -0.316 e. The summed E-state index contributed by atoms with van der Waals surface area (Å²) < 4.78 is 27.1. The number of hydrogen-bond donors (Lipinski definition) is 2. The summed E-state index contributed by atoms with van der Waals surface area (Å²) in [5.74, 6) is 0. The maximum Gasteiger partial charge on any atom is 0.241 e. The average molecular weight is 296 g/mol. The fourth-order valence-corrected chi connectivity index (χ4v) is 3.51. The van der Waals surface area contributed by atoms with Gasteiger partial charge in [-0.15, -0.1) is 0 Å². The van der Waals surface area contributed by atoms with Crippen molar-refractivity contribution in [1.29, 1.82) is 0 Å². The van der Waals surface area contributed by atoms with Gasteiger partial charge in [0, 0.05) is 5.54 Å². The number of nitrogens with one attached hydrogen (secondary N) is 2. The van der Waals surface area contributed by atoms with E-state index in [-0.39, 0.29) is 5.54 Å². The van der Waals surface area contributed by atoms with Gasteiger partial charge in [-0.3, -0.25) is 0 Å². The topological polar surface area (TPSA) is 58.2 Å². The molecule has 0 saturated heterocycles. The van der Waals surface area contributed by atoms with Crippen molar-refractivity contribution >= 4 is 10.0 Å². The highest BCUT2D eigenvalue weighted by Crippen LogP contribution is 2.35. The summed E-state index contributed by atoms with van der Waals surface area (Å²) in [7, 11) is -3.37. The fourth-order valence-electron chi connectivity index (χ4n) is 2.04. The fraction of sp³-hybridized carbons (Fsp3) is 0.600. The van der Waals surface area contributed by atoms with Crippen LogP contribution >= 0.6 is 0 Å². The van der Waals surface area contributed by atoms with Gasteiger partial charge in [-0.1, -0.05) is 19.1 Å². The molecule has 0 amide bonds. The van der Waals surface area contributed by atoms with Crippen LogP contribution in [0.5, 0.6) is 0 Å². The summed E-state index contributed by atoms with van der Waals surface area (Å²) >= 11 is 0. The van der Waals surface area contributed by atoms with Crippen LogP contribution in [0.1, 0.15) is 38.7 Å². The molecule has 0 aliphatic heterocycles. The highest BCUT2D eigenvalue weighted by Gasteiger charge is 2.41. The Morgan fingerprint density at radius 3 is 2.35 bits per heavy atom. The standard InChI is InChI=1S/C15H24N2O2S/c1-3-11-16-12-8-13-4-6-14(7-5-13)20(18,19)17-15(2)9-10-15/h4-7,16-17H,3,8-12H2,1-2H3. The van der Waals surface area contributed by atoms with E-state index in [1.807, 2.05) is 19.1 Å². The van der Waals surface area contributed by atoms with Crippen LogP contribution in [0.3, 0.4) is 0 Å². The molecule has 5 heteroatoms. The molecule has 1 fully saturated rings. The molecule has 0 spiro atoms. The Kier molecular flexibility index (Phi) is 4.83. The Balaban J connectivity index is 1.93. The normalized spacial score (nSPS) is 17.1. The van der Waals surface area contributed by atoms with Crippen molar-refractivity contribution in [3.8, 4) is 0 Å². The Labute approximate surface area is 122 Å². The van der Waals surface area contributed by atoms with E-state index in [0.29, 0.717) is 4.90 Å². The molecular formula is C15H24N2O2S. The Hall–Kier alpha value is -0.910. The lowest BCUT2D eigenvalue weighted by molar-refractivity contribution is 0.558. The lowest BCUT2D eigenvalue weighted by Gasteiger charge is -2.12. The van der Waals surface area contributed by atoms with Crippen LogP contribution in [-0.2, 0) is 16.4 Å². The zero-order valence-corrected chi connectivity index (χ0v) is 13.1. The summed E-state index contributed by atoms with van der Waals surface area (Å²) in [6, 6.07) is 7.20. The highest BCUT2D eigenvalue weighted by atomic mass is 32.2. The van der Waals surface area contributed by atoms with Gasteiger partial charge in [0.05, 0.1) is 4.90 Å². The number of sulfonamides is 1. The monoisotopic (exact) mass is 296 g/mol. The Morgan fingerprint density at radius 1 is 1.15 bits per heavy atom. The Morgan fingerprint density at radius 2 is 1.80 bits per heavy atom. The van der Waals surface area contributed by atoms with E-state index in [9.17, 15) is 8.42 Å². The van der Waals surface area contributed by atoms with Crippen LogP contribution in [0.25, 0.3) is 0 Å². The number of rotatable bonds is 8. The SMILES string of the molecule is CCCNCCc1ccc(S(=O)(=O)NC2(C)CC2)cc1. The summed E-state index contributed by atoms with van der Waals surface area (Å²) in [6.45, 7) is 6.03. The van der Waals surface area contributed by atoms with E-state index in [1.54, 1.807) is 12.1 Å². The first-order chi connectivity index (χ1) is 9.45. The predicted molar refractivity (Wildman–Crippen MR) is 81.3 cm³/mol. The molecule has 0 heterocycles. The molecule has 2 N–H and O–H groups in total. The van der Waals surface area contributed by atoms with Crippen LogP contribution in [-0.4, -0.2) is 27.0 Å². The third-order valence-electron chi connectivity index (χ3n) is 3.63. The molecule has 1 aromatic carbocycles. The van der Waals surface area contributed by atoms with Crippen molar-refractivity contribution in [3.63, 3.8) is 0 Å². The first-order valence-electron chi connectivity index (χ1n) is 7.29. The molecule has 112 valence electrons. The van der Waals surface area contributed by atoms with Crippen molar-refractivity contribution in [2.45, 2.75) is 50.0 Å². The van der Waals surface area contributed by atoms with Crippen molar-refractivity contribution in [3.05, 3.63) is 29.8 Å². The molecule has 0 atom stereocenters. The minimum absolute atomic E-state index is 0.221. The van der Waals surface area contributed by atoms with E-state index in [4.69, 9.17) is 0 Å². The molecule has 4 nitrogen and oxygen atoms in total. The van der Waals surface area contributed by atoms with Gasteiger partial charge in [0.15, 0.2) is 0 Å². The van der Waals surface area contributed by atoms with Crippen LogP contribution in [0.15, 0.2) is 29.2 Å². The van der Waals surface area contributed by atoms with Gasteiger partial charge in [-0.2, -0.15) is 0 Å². The van der Waals surface area contributed by atoms with Crippen LogP contribution in [0, 0.1) is 0 Å².